The summed E-state index contributed by atoms with van der Waals surface area (Å²) < 4.78 is 5.44. The summed E-state index contributed by atoms with van der Waals surface area (Å²) in [4.78, 5) is 34.1. The van der Waals surface area contributed by atoms with Gasteiger partial charge in [0.05, 0.1) is 18.7 Å². The average molecular weight is 504 g/mol. The van der Waals surface area contributed by atoms with Crippen LogP contribution in [-0.2, 0) is 14.3 Å². The molecule has 0 unspecified atom stereocenters. The third-order valence-corrected chi connectivity index (χ3v) is 6.63. The molecule has 1 aliphatic heterocycles. The molecular weight excluding hydrogens is 466 g/mol. The largest absolute Gasteiger partial charge is 0.378 e. The molecule has 4 rings (SSSR count). The summed E-state index contributed by atoms with van der Waals surface area (Å²) in [5.74, 6) is 0.678. The van der Waals surface area contributed by atoms with E-state index in [1.54, 1.807) is 0 Å². The van der Waals surface area contributed by atoms with Gasteiger partial charge in [-0.25, -0.2) is 4.98 Å². The first kappa shape index (κ1) is 26.4. The summed E-state index contributed by atoms with van der Waals surface area (Å²) in [6.45, 7) is 9.66. The van der Waals surface area contributed by atoms with Crippen molar-refractivity contribution in [2.45, 2.75) is 33.1 Å². The zero-order chi connectivity index (χ0) is 26.0. The highest BCUT2D eigenvalue weighted by Crippen LogP contribution is 2.26. The van der Waals surface area contributed by atoms with E-state index in [0.717, 1.165) is 54.9 Å². The van der Waals surface area contributed by atoms with Gasteiger partial charge in [0.25, 0.3) is 0 Å². The van der Waals surface area contributed by atoms with Crippen LogP contribution in [0.5, 0.6) is 0 Å². The van der Waals surface area contributed by atoms with Gasteiger partial charge in [-0.1, -0.05) is 18.2 Å². The summed E-state index contributed by atoms with van der Waals surface area (Å²) in [5, 5.41) is 6.86. The number of rotatable bonds is 11. The number of anilines is 3. The number of nitrogens with one attached hydrogen (secondary N) is 2. The second-order valence-corrected chi connectivity index (χ2v) is 9.30. The number of nitrogens with zero attached hydrogens (tertiary/aromatic N) is 3. The molecule has 0 radical (unpaired) electrons. The molecule has 1 aromatic heterocycles. The first-order valence-electron chi connectivity index (χ1n) is 13.1. The van der Waals surface area contributed by atoms with E-state index in [1.165, 1.54) is 5.69 Å². The van der Waals surface area contributed by atoms with Crippen LogP contribution >= 0.6 is 0 Å². The van der Waals surface area contributed by atoms with Crippen molar-refractivity contribution >= 4 is 39.9 Å². The Morgan fingerprint density at radius 1 is 1.03 bits per heavy atom. The molecule has 0 aliphatic carbocycles. The molecule has 3 aromatic rings. The van der Waals surface area contributed by atoms with Crippen LogP contribution in [0.15, 0.2) is 54.6 Å². The predicted molar refractivity (Wildman–Crippen MR) is 149 cm³/mol. The van der Waals surface area contributed by atoms with Crippen LogP contribution in [0.2, 0.25) is 0 Å². The molecule has 2 N–H and O–H groups in total. The van der Waals surface area contributed by atoms with Crippen molar-refractivity contribution in [1.82, 2.24) is 10.3 Å². The lowest BCUT2D eigenvalue weighted by atomic mass is 10.1. The Kier molecular flexibility index (Phi) is 9.32. The van der Waals surface area contributed by atoms with Crippen LogP contribution in [0, 0.1) is 6.92 Å². The minimum atomic E-state index is -0.175. The van der Waals surface area contributed by atoms with E-state index >= 15 is 0 Å². The molecule has 0 spiro atoms. The highest BCUT2D eigenvalue weighted by molar-refractivity contribution is 5.96. The SMILES string of the molecule is CCN(CCCNC(=O)CCC(=O)Nc1ccc2nc(N3CCOCC3)cc(C)c2c1)c1ccccc1. The number of carbonyl (C=O) groups is 2. The third kappa shape index (κ3) is 7.43. The smallest absolute Gasteiger partial charge is 0.224 e. The van der Waals surface area contributed by atoms with Crippen molar-refractivity contribution in [3.63, 3.8) is 0 Å². The van der Waals surface area contributed by atoms with Crippen molar-refractivity contribution < 1.29 is 14.3 Å². The Morgan fingerprint density at radius 3 is 2.54 bits per heavy atom. The van der Waals surface area contributed by atoms with Crippen molar-refractivity contribution in [2.24, 2.45) is 0 Å². The highest BCUT2D eigenvalue weighted by Gasteiger charge is 2.15. The topological polar surface area (TPSA) is 86.8 Å². The van der Waals surface area contributed by atoms with Gasteiger partial charge < -0.3 is 25.2 Å². The molecule has 0 bridgehead atoms. The Hall–Kier alpha value is -3.65. The predicted octanol–water partition coefficient (Wildman–Crippen LogP) is 4.13. The summed E-state index contributed by atoms with van der Waals surface area (Å²) in [5.41, 5.74) is 3.90. The number of hydrogen-bond acceptors (Lipinski definition) is 6. The zero-order valence-corrected chi connectivity index (χ0v) is 21.8. The molecule has 0 atom stereocenters. The fourth-order valence-corrected chi connectivity index (χ4v) is 4.55. The van der Waals surface area contributed by atoms with Crippen molar-refractivity contribution in [3.05, 3.63) is 60.2 Å². The number of pyridine rings is 1. The number of morpholine rings is 1. The van der Waals surface area contributed by atoms with E-state index in [0.29, 0.717) is 25.4 Å². The lowest BCUT2D eigenvalue weighted by Crippen LogP contribution is -2.36. The molecule has 8 heteroatoms. The van der Waals surface area contributed by atoms with Gasteiger partial charge in [-0.3, -0.25) is 9.59 Å². The molecule has 196 valence electrons. The van der Waals surface area contributed by atoms with E-state index in [4.69, 9.17) is 9.72 Å². The number of hydrogen-bond donors (Lipinski definition) is 2. The van der Waals surface area contributed by atoms with Gasteiger partial charge in [0, 0.05) is 62.3 Å². The molecular formula is C29H37N5O3. The maximum absolute atomic E-state index is 12.5. The van der Waals surface area contributed by atoms with Gasteiger partial charge in [-0.15, -0.1) is 0 Å². The molecule has 2 amide bonds. The van der Waals surface area contributed by atoms with Crippen LogP contribution in [0.1, 0.15) is 31.7 Å². The highest BCUT2D eigenvalue weighted by atomic mass is 16.5. The number of carbonyl (C=O) groups excluding carboxylic acids is 2. The van der Waals surface area contributed by atoms with Gasteiger partial charge in [-0.2, -0.15) is 0 Å². The van der Waals surface area contributed by atoms with E-state index in [1.807, 2.05) is 36.4 Å². The van der Waals surface area contributed by atoms with E-state index in [9.17, 15) is 9.59 Å². The molecule has 1 aliphatic rings. The summed E-state index contributed by atoms with van der Waals surface area (Å²) in [6.07, 6.45) is 1.15. The van der Waals surface area contributed by atoms with Gasteiger partial charge in [0.2, 0.25) is 11.8 Å². The monoisotopic (exact) mass is 503 g/mol. The second kappa shape index (κ2) is 13.1. The lowest BCUT2D eigenvalue weighted by molar-refractivity contribution is -0.124. The van der Waals surface area contributed by atoms with Crippen LogP contribution < -0.4 is 20.4 Å². The number of aryl methyl sites for hydroxylation is 1. The number of fused-ring (bicyclic) bond motifs is 1. The average Bonchev–Trinajstić information content (AvgIpc) is 2.93. The minimum Gasteiger partial charge on any atom is -0.378 e. The molecule has 0 saturated carbocycles. The Bertz CT molecular complexity index is 1190. The molecule has 1 saturated heterocycles. The van der Waals surface area contributed by atoms with E-state index in [2.05, 4.69) is 52.5 Å². The standard InChI is InChI=1S/C29H37N5O3/c1-3-33(24-8-5-4-6-9-24)15-7-14-30-28(35)12-13-29(36)31-23-10-11-26-25(21-23)22(2)20-27(32-26)34-16-18-37-19-17-34/h4-6,8-11,20-21H,3,7,12-19H2,1-2H3,(H,30,35)(H,31,36). The summed E-state index contributed by atoms with van der Waals surface area (Å²) in [6, 6.07) is 18.1. The summed E-state index contributed by atoms with van der Waals surface area (Å²) >= 11 is 0. The Morgan fingerprint density at radius 2 is 1.78 bits per heavy atom. The van der Waals surface area contributed by atoms with Crippen molar-refractivity contribution in [3.8, 4) is 0 Å². The normalized spacial score (nSPS) is 13.4. The second-order valence-electron chi connectivity index (χ2n) is 9.30. The fraction of sp³-hybridized carbons (Fsp3) is 0.414. The number of para-hydroxylation sites is 1. The maximum atomic E-state index is 12.5. The molecule has 37 heavy (non-hydrogen) atoms. The van der Waals surface area contributed by atoms with E-state index in [-0.39, 0.29) is 24.7 Å². The minimum absolute atomic E-state index is 0.105. The van der Waals surface area contributed by atoms with Crippen molar-refractivity contribution in [2.75, 3.05) is 61.1 Å². The van der Waals surface area contributed by atoms with Crippen molar-refractivity contribution in [1.29, 1.82) is 0 Å². The first-order valence-corrected chi connectivity index (χ1v) is 13.1. The quantitative estimate of drug-likeness (QED) is 0.383. The lowest BCUT2D eigenvalue weighted by Gasteiger charge is -2.28. The van der Waals surface area contributed by atoms with Gasteiger partial charge >= 0.3 is 0 Å². The van der Waals surface area contributed by atoms with Crippen LogP contribution in [-0.4, -0.2) is 62.7 Å². The number of aromatic nitrogens is 1. The zero-order valence-electron chi connectivity index (χ0n) is 21.8. The Balaban J connectivity index is 1.21. The number of amides is 2. The molecule has 2 heterocycles. The third-order valence-electron chi connectivity index (χ3n) is 6.63. The molecule has 2 aromatic carbocycles. The van der Waals surface area contributed by atoms with Crippen LogP contribution in [0.3, 0.4) is 0 Å². The number of benzene rings is 2. The van der Waals surface area contributed by atoms with Crippen LogP contribution in [0.4, 0.5) is 17.2 Å². The van der Waals surface area contributed by atoms with E-state index < -0.39 is 0 Å². The maximum Gasteiger partial charge on any atom is 0.224 e. The van der Waals surface area contributed by atoms with Gasteiger partial charge in [0.1, 0.15) is 5.82 Å². The van der Waals surface area contributed by atoms with Gasteiger partial charge in [0.15, 0.2) is 0 Å². The molecule has 1 fully saturated rings. The van der Waals surface area contributed by atoms with Crippen LogP contribution in [0.25, 0.3) is 10.9 Å². The Labute approximate surface area is 219 Å². The first-order chi connectivity index (χ1) is 18.0. The number of ether oxygens (including phenoxy) is 1. The van der Waals surface area contributed by atoms with Gasteiger partial charge in [-0.05, 0) is 62.2 Å². The summed E-state index contributed by atoms with van der Waals surface area (Å²) in [7, 11) is 0. The fourth-order valence-electron chi connectivity index (χ4n) is 4.55. The molecule has 8 nitrogen and oxygen atoms in total.